The molecule has 20 heavy (non-hydrogen) atoms. The van der Waals surface area contributed by atoms with Gasteiger partial charge in [0, 0.05) is 12.7 Å². The van der Waals surface area contributed by atoms with Crippen molar-refractivity contribution in [3.8, 4) is 0 Å². The Labute approximate surface area is 123 Å². The van der Waals surface area contributed by atoms with E-state index in [4.69, 9.17) is 11.6 Å². The molecule has 5 nitrogen and oxygen atoms in total. The van der Waals surface area contributed by atoms with Crippen molar-refractivity contribution < 1.29 is 8.42 Å². The second-order valence-electron chi connectivity index (χ2n) is 4.77. The van der Waals surface area contributed by atoms with Crippen molar-refractivity contribution in [3.63, 3.8) is 0 Å². The molecular weight excluding hydrogens is 300 g/mol. The molecule has 1 aromatic rings. The zero-order valence-electron chi connectivity index (χ0n) is 11.0. The molecular formula is C13H17ClN2O3S. The van der Waals surface area contributed by atoms with Crippen LogP contribution in [-0.4, -0.2) is 19.9 Å². The molecule has 0 fully saturated rings. The van der Waals surface area contributed by atoms with E-state index in [0.717, 1.165) is 31.5 Å². The Morgan fingerprint density at radius 1 is 1.35 bits per heavy atom. The first-order valence-corrected chi connectivity index (χ1v) is 8.41. The van der Waals surface area contributed by atoms with E-state index in [9.17, 15) is 13.2 Å². The highest BCUT2D eigenvalue weighted by atomic mass is 35.5. The van der Waals surface area contributed by atoms with Crippen LogP contribution in [0.5, 0.6) is 0 Å². The Morgan fingerprint density at radius 3 is 2.80 bits per heavy atom. The fourth-order valence-electron chi connectivity index (χ4n) is 2.15. The first-order valence-electron chi connectivity index (χ1n) is 6.55. The van der Waals surface area contributed by atoms with Crippen molar-refractivity contribution in [2.24, 2.45) is 0 Å². The van der Waals surface area contributed by atoms with Crippen molar-refractivity contribution >= 4 is 21.6 Å². The van der Waals surface area contributed by atoms with Gasteiger partial charge in [-0.05, 0) is 38.2 Å². The molecule has 0 aliphatic heterocycles. The van der Waals surface area contributed by atoms with Crippen LogP contribution in [0.4, 0.5) is 0 Å². The summed E-state index contributed by atoms with van der Waals surface area (Å²) in [5.74, 6) is 0. The zero-order valence-corrected chi connectivity index (χ0v) is 12.6. The Kier molecular flexibility index (Phi) is 5.01. The van der Waals surface area contributed by atoms with Gasteiger partial charge in [-0.15, -0.1) is 0 Å². The maximum Gasteiger partial charge on any atom is 0.266 e. The highest BCUT2D eigenvalue weighted by Crippen LogP contribution is 2.19. The Balaban J connectivity index is 1.98. The predicted octanol–water partition coefficient (Wildman–Crippen LogP) is 2.20. The van der Waals surface area contributed by atoms with E-state index in [-0.39, 0.29) is 9.92 Å². The molecule has 2 N–H and O–H groups in total. The van der Waals surface area contributed by atoms with Crippen LogP contribution in [0.1, 0.15) is 32.1 Å². The Bertz CT molecular complexity index is 664. The number of aromatic amines is 1. The van der Waals surface area contributed by atoms with E-state index in [1.807, 2.05) is 0 Å². The molecule has 2 rings (SSSR count). The molecule has 1 aliphatic rings. The summed E-state index contributed by atoms with van der Waals surface area (Å²) in [5.41, 5.74) is 0.802. The average Bonchev–Trinajstić information content (AvgIpc) is 2.43. The molecule has 0 saturated heterocycles. The van der Waals surface area contributed by atoms with Crippen LogP contribution in [-0.2, 0) is 10.0 Å². The Hall–Kier alpha value is -1.11. The quantitative estimate of drug-likeness (QED) is 0.817. The summed E-state index contributed by atoms with van der Waals surface area (Å²) < 4.78 is 26.6. The molecule has 0 unspecified atom stereocenters. The summed E-state index contributed by atoms with van der Waals surface area (Å²) in [7, 11) is -3.63. The minimum absolute atomic E-state index is 0.0280. The van der Waals surface area contributed by atoms with Gasteiger partial charge in [-0.1, -0.05) is 23.3 Å². The van der Waals surface area contributed by atoms with Gasteiger partial charge in [0.25, 0.3) is 5.56 Å². The monoisotopic (exact) mass is 316 g/mol. The molecule has 0 saturated carbocycles. The van der Waals surface area contributed by atoms with Gasteiger partial charge in [-0.3, -0.25) is 4.79 Å². The fourth-order valence-corrected chi connectivity index (χ4v) is 3.42. The third kappa shape index (κ3) is 3.94. The van der Waals surface area contributed by atoms with Gasteiger partial charge >= 0.3 is 0 Å². The van der Waals surface area contributed by atoms with Crippen LogP contribution < -0.4 is 10.3 Å². The third-order valence-corrected chi connectivity index (χ3v) is 4.99. The van der Waals surface area contributed by atoms with Crippen molar-refractivity contribution in [1.82, 2.24) is 9.71 Å². The van der Waals surface area contributed by atoms with Gasteiger partial charge in [0.15, 0.2) is 0 Å². The van der Waals surface area contributed by atoms with Crippen molar-refractivity contribution in [2.45, 2.75) is 37.0 Å². The largest absolute Gasteiger partial charge is 0.326 e. The van der Waals surface area contributed by atoms with Crippen LogP contribution >= 0.6 is 11.6 Å². The first kappa shape index (κ1) is 15.3. The summed E-state index contributed by atoms with van der Waals surface area (Å²) in [4.78, 5) is 13.4. The summed E-state index contributed by atoms with van der Waals surface area (Å²) >= 11 is 5.63. The van der Waals surface area contributed by atoms with Crippen LogP contribution in [0, 0.1) is 0 Å². The molecule has 1 aromatic heterocycles. The number of halogens is 1. The van der Waals surface area contributed by atoms with Gasteiger partial charge in [0.2, 0.25) is 10.0 Å². The molecule has 1 aliphatic carbocycles. The van der Waals surface area contributed by atoms with Crippen LogP contribution in [0.15, 0.2) is 33.6 Å². The van der Waals surface area contributed by atoms with Crippen molar-refractivity contribution in [1.29, 1.82) is 0 Å². The normalized spacial score (nSPS) is 15.9. The highest BCUT2D eigenvalue weighted by molar-refractivity contribution is 7.89. The molecule has 0 atom stereocenters. The van der Waals surface area contributed by atoms with Gasteiger partial charge in [-0.25, -0.2) is 13.1 Å². The maximum absolute atomic E-state index is 12.0. The topological polar surface area (TPSA) is 79.0 Å². The van der Waals surface area contributed by atoms with E-state index in [1.165, 1.54) is 18.4 Å². The lowest BCUT2D eigenvalue weighted by Gasteiger charge is -2.13. The number of sulfonamides is 1. The fraction of sp³-hybridized carbons (Fsp3) is 0.462. The SMILES string of the molecule is O=c1[nH]cc(S(=O)(=O)NCCC2=CCCCC2)cc1Cl. The molecule has 0 spiro atoms. The van der Waals surface area contributed by atoms with Gasteiger partial charge < -0.3 is 4.98 Å². The third-order valence-electron chi connectivity index (χ3n) is 3.26. The van der Waals surface area contributed by atoms with Crippen LogP contribution in [0.3, 0.4) is 0 Å². The summed E-state index contributed by atoms with van der Waals surface area (Å²) in [5, 5.41) is -0.136. The zero-order chi connectivity index (χ0) is 14.6. The van der Waals surface area contributed by atoms with Crippen molar-refractivity contribution in [2.75, 3.05) is 6.54 Å². The second-order valence-corrected chi connectivity index (χ2v) is 6.94. The number of hydrogen-bond acceptors (Lipinski definition) is 3. The van der Waals surface area contributed by atoms with Gasteiger partial charge in [-0.2, -0.15) is 0 Å². The predicted molar refractivity (Wildman–Crippen MR) is 78.4 cm³/mol. The van der Waals surface area contributed by atoms with Gasteiger partial charge in [0.1, 0.15) is 5.02 Å². The Morgan fingerprint density at radius 2 is 2.15 bits per heavy atom. The number of pyridine rings is 1. The maximum atomic E-state index is 12.0. The number of rotatable bonds is 5. The minimum atomic E-state index is -3.63. The lowest BCUT2D eigenvalue weighted by molar-refractivity contribution is 0.579. The lowest BCUT2D eigenvalue weighted by atomic mass is 9.97. The molecule has 7 heteroatoms. The smallest absolute Gasteiger partial charge is 0.266 e. The van der Waals surface area contributed by atoms with E-state index in [2.05, 4.69) is 15.8 Å². The van der Waals surface area contributed by atoms with E-state index in [1.54, 1.807) is 0 Å². The van der Waals surface area contributed by atoms with Crippen LogP contribution in [0.2, 0.25) is 5.02 Å². The van der Waals surface area contributed by atoms with E-state index in [0.29, 0.717) is 6.54 Å². The lowest BCUT2D eigenvalue weighted by Crippen LogP contribution is -2.26. The second kappa shape index (κ2) is 6.56. The number of H-pyrrole nitrogens is 1. The molecule has 0 aromatic carbocycles. The molecule has 0 amide bonds. The number of nitrogens with one attached hydrogen (secondary N) is 2. The molecule has 110 valence electrons. The number of aromatic nitrogens is 1. The van der Waals surface area contributed by atoms with Crippen LogP contribution in [0.25, 0.3) is 0 Å². The summed E-state index contributed by atoms with van der Waals surface area (Å²) in [6, 6.07) is 1.16. The summed E-state index contributed by atoms with van der Waals surface area (Å²) in [6.07, 6.45) is 8.57. The molecule has 0 radical (unpaired) electrons. The number of hydrogen-bond donors (Lipinski definition) is 2. The average molecular weight is 317 g/mol. The van der Waals surface area contributed by atoms with Gasteiger partial charge in [0.05, 0.1) is 4.90 Å². The minimum Gasteiger partial charge on any atom is -0.326 e. The van der Waals surface area contributed by atoms with E-state index >= 15 is 0 Å². The standard InChI is InChI=1S/C13H17ClN2O3S/c14-12-8-11(9-15-13(12)17)20(18,19)16-7-6-10-4-2-1-3-5-10/h4,8-9,16H,1-3,5-7H2,(H,15,17). The molecule has 1 heterocycles. The number of allylic oxidation sites excluding steroid dienone is 1. The highest BCUT2D eigenvalue weighted by Gasteiger charge is 2.15. The first-order chi connectivity index (χ1) is 9.49. The van der Waals surface area contributed by atoms with Crippen molar-refractivity contribution in [3.05, 3.63) is 39.3 Å². The van der Waals surface area contributed by atoms with E-state index < -0.39 is 15.6 Å². The summed E-state index contributed by atoms with van der Waals surface area (Å²) in [6.45, 7) is 0.352. The molecule has 0 bridgehead atoms.